The number of benzene rings is 2. The number of carbonyl (C=O) groups is 3. The van der Waals surface area contributed by atoms with Crippen molar-refractivity contribution in [1.82, 2.24) is 14.6 Å². The van der Waals surface area contributed by atoms with Crippen molar-refractivity contribution in [3.63, 3.8) is 0 Å². The predicted molar refractivity (Wildman–Crippen MR) is 142 cm³/mol. The Labute approximate surface area is 219 Å². The molecule has 1 aliphatic rings. The highest BCUT2D eigenvalue weighted by atomic mass is 32.1. The summed E-state index contributed by atoms with van der Waals surface area (Å²) in [4.78, 5) is 41.0. The number of phenolic OH excluding ortho intramolecular Hbond substituents is 1. The number of hydrogen-bond acceptors (Lipinski definition) is 7. The number of anilines is 1. The van der Waals surface area contributed by atoms with Gasteiger partial charge >= 0.3 is 0 Å². The Hall–Kier alpha value is -3.92. The summed E-state index contributed by atoms with van der Waals surface area (Å²) in [7, 11) is 0. The number of rotatable bonds is 9. The van der Waals surface area contributed by atoms with Gasteiger partial charge in [0.15, 0.2) is 5.69 Å². The molecule has 6 N–H and O–H groups in total. The number of nitrogens with two attached hydrogens (primary N) is 2. The molecule has 0 radical (unpaired) electrons. The highest BCUT2D eigenvalue weighted by Gasteiger charge is 2.35. The number of nitrogen functional groups attached to an aromatic ring is 1. The number of amides is 3. The van der Waals surface area contributed by atoms with Crippen molar-refractivity contribution in [3.8, 4) is 5.75 Å². The average molecular weight is 522 g/mol. The molecule has 0 bridgehead atoms. The van der Waals surface area contributed by atoms with Crippen LogP contribution in [-0.2, 0) is 11.2 Å². The number of carbonyl (C=O) groups excluding carboxylic acids is 3. The molecular formula is C27H31N5O4S. The summed E-state index contributed by atoms with van der Waals surface area (Å²) in [6.07, 6.45) is 4.34. The Morgan fingerprint density at radius 1 is 1.14 bits per heavy atom. The Morgan fingerprint density at radius 3 is 2.43 bits per heavy atom. The summed E-state index contributed by atoms with van der Waals surface area (Å²) in [6.45, 7) is 2.20. The molecule has 4 rings (SSSR count). The maximum atomic E-state index is 14.0. The average Bonchev–Trinajstić information content (AvgIpc) is 3.52. The summed E-state index contributed by atoms with van der Waals surface area (Å²) >= 11 is 0.787. The van der Waals surface area contributed by atoms with E-state index in [9.17, 15) is 19.5 Å². The molecule has 1 aromatic heterocycles. The van der Waals surface area contributed by atoms with Crippen LogP contribution < -0.4 is 16.8 Å². The van der Waals surface area contributed by atoms with Crippen LogP contribution in [0.2, 0.25) is 0 Å². The van der Waals surface area contributed by atoms with Crippen molar-refractivity contribution in [2.24, 2.45) is 5.73 Å². The summed E-state index contributed by atoms with van der Waals surface area (Å²) < 4.78 is 3.98. The van der Waals surface area contributed by atoms with Gasteiger partial charge in [-0.15, -0.1) is 0 Å². The van der Waals surface area contributed by atoms with Gasteiger partial charge in [-0.2, -0.15) is 4.37 Å². The molecule has 0 saturated heterocycles. The van der Waals surface area contributed by atoms with Gasteiger partial charge in [-0.05, 0) is 66.5 Å². The van der Waals surface area contributed by atoms with Crippen molar-refractivity contribution < 1.29 is 19.5 Å². The quantitative estimate of drug-likeness (QED) is 0.339. The van der Waals surface area contributed by atoms with E-state index >= 15 is 0 Å². The van der Waals surface area contributed by atoms with Crippen molar-refractivity contribution in [3.05, 3.63) is 75.8 Å². The standard InChI is InChI=1S/C27H31N5O4S/c1-16-6-2-3-7-17(16)14-15-32(27(36)24-21(28)22(25(29)34)31-37-24)23(18-10-12-20(33)13-11-18)26(35)30-19-8-4-5-9-19/h2-3,6-7,10-13,19,23,33H,4-5,8-9,14-15,28H2,1H3,(H2,29,34)(H,30,35)/t23-/m0/s1. The summed E-state index contributed by atoms with van der Waals surface area (Å²) in [5.41, 5.74) is 13.9. The van der Waals surface area contributed by atoms with Crippen LogP contribution in [0.1, 0.15) is 68.6 Å². The number of nitrogens with one attached hydrogen (secondary N) is 1. The van der Waals surface area contributed by atoms with Crippen molar-refractivity contribution in [1.29, 1.82) is 0 Å². The van der Waals surface area contributed by atoms with E-state index in [4.69, 9.17) is 11.5 Å². The zero-order valence-electron chi connectivity index (χ0n) is 20.6. The van der Waals surface area contributed by atoms with Gasteiger partial charge in [-0.25, -0.2) is 0 Å². The van der Waals surface area contributed by atoms with E-state index in [1.807, 2.05) is 31.2 Å². The zero-order chi connectivity index (χ0) is 26.5. The second-order valence-corrected chi connectivity index (χ2v) is 10.1. The van der Waals surface area contributed by atoms with Gasteiger partial charge in [-0.1, -0.05) is 49.2 Å². The van der Waals surface area contributed by atoms with Crippen LogP contribution in [0, 0.1) is 6.92 Å². The molecule has 0 spiro atoms. The third-order valence-electron chi connectivity index (χ3n) is 6.77. The molecular weight excluding hydrogens is 490 g/mol. The highest BCUT2D eigenvalue weighted by Crippen LogP contribution is 2.31. The van der Waals surface area contributed by atoms with Gasteiger partial charge < -0.3 is 26.8 Å². The van der Waals surface area contributed by atoms with Crippen LogP contribution in [0.15, 0.2) is 48.5 Å². The molecule has 0 unspecified atom stereocenters. The first kappa shape index (κ1) is 26.2. The molecule has 1 fully saturated rings. The molecule has 1 aliphatic carbocycles. The Morgan fingerprint density at radius 2 is 1.81 bits per heavy atom. The topological polar surface area (TPSA) is 152 Å². The molecule has 194 valence electrons. The molecule has 1 atom stereocenters. The lowest BCUT2D eigenvalue weighted by molar-refractivity contribution is -0.126. The lowest BCUT2D eigenvalue weighted by Crippen LogP contribution is -2.46. The van der Waals surface area contributed by atoms with Gasteiger partial charge in [0, 0.05) is 12.6 Å². The first-order valence-electron chi connectivity index (χ1n) is 12.3. The zero-order valence-corrected chi connectivity index (χ0v) is 21.5. The minimum Gasteiger partial charge on any atom is -0.508 e. The monoisotopic (exact) mass is 521 g/mol. The Balaban J connectivity index is 1.75. The molecule has 3 amide bonds. The number of aromatic nitrogens is 1. The number of aryl methyl sites for hydroxylation is 1. The number of aromatic hydroxyl groups is 1. The molecule has 1 heterocycles. The minimum absolute atomic E-state index is 0.0374. The van der Waals surface area contributed by atoms with Crippen LogP contribution in [0.5, 0.6) is 5.75 Å². The van der Waals surface area contributed by atoms with Crippen LogP contribution in [0.25, 0.3) is 0 Å². The van der Waals surface area contributed by atoms with Gasteiger partial charge in [0.2, 0.25) is 5.91 Å². The fourth-order valence-corrected chi connectivity index (χ4v) is 5.48. The highest BCUT2D eigenvalue weighted by molar-refractivity contribution is 7.09. The Bertz CT molecular complexity index is 1280. The predicted octanol–water partition coefficient (Wildman–Crippen LogP) is 3.32. The van der Waals surface area contributed by atoms with Crippen molar-refractivity contribution in [2.45, 2.75) is 51.1 Å². The Kier molecular flexibility index (Phi) is 8.08. The van der Waals surface area contributed by atoms with Crippen molar-refractivity contribution in [2.75, 3.05) is 12.3 Å². The molecule has 37 heavy (non-hydrogen) atoms. The van der Waals surface area contributed by atoms with Gasteiger partial charge in [0.25, 0.3) is 11.8 Å². The number of nitrogens with zero attached hydrogens (tertiary/aromatic N) is 2. The van der Waals surface area contributed by atoms with Gasteiger partial charge in [0.1, 0.15) is 16.7 Å². The number of primary amides is 1. The van der Waals surface area contributed by atoms with E-state index in [1.165, 1.54) is 17.0 Å². The van der Waals surface area contributed by atoms with E-state index in [0.717, 1.165) is 48.3 Å². The third-order valence-corrected chi connectivity index (χ3v) is 7.62. The van der Waals surface area contributed by atoms with Gasteiger partial charge in [-0.3, -0.25) is 14.4 Å². The van der Waals surface area contributed by atoms with E-state index < -0.39 is 17.9 Å². The van der Waals surface area contributed by atoms with E-state index in [1.54, 1.807) is 12.1 Å². The van der Waals surface area contributed by atoms with E-state index in [2.05, 4.69) is 9.69 Å². The lowest BCUT2D eigenvalue weighted by Gasteiger charge is -2.32. The van der Waals surface area contributed by atoms with Crippen LogP contribution in [0.4, 0.5) is 5.69 Å². The third kappa shape index (κ3) is 5.91. The smallest absolute Gasteiger partial charge is 0.270 e. The normalized spacial score (nSPS) is 14.3. The lowest BCUT2D eigenvalue weighted by atomic mass is 10.0. The van der Waals surface area contributed by atoms with Crippen LogP contribution >= 0.6 is 11.5 Å². The fourth-order valence-electron chi connectivity index (χ4n) is 4.72. The summed E-state index contributed by atoms with van der Waals surface area (Å²) in [6, 6.07) is 13.1. The van der Waals surface area contributed by atoms with E-state index in [-0.39, 0.29) is 40.5 Å². The van der Waals surface area contributed by atoms with Gasteiger partial charge in [0.05, 0.1) is 5.69 Å². The second-order valence-electron chi connectivity index (χ2n) is 9.30. The molecule has 3 aromatic rings. The first-order valence-corrected chi connectivity index (χ1v) is 13.0. The molecule has 1 saturated carbocycles. The summed E-state index contributed by atoms with van der Waals surface area (Å²) in [5, 5.41) is 13.0. The largest absolute Gasteiger partial charge is 0.508 e. The molecule has 9 nitrogen and oxygen atoms in total. The minimum atomic E-state index is -0.990. The molecule has 2 aromatic carbocycles. The molecule has 0 aliphatic heterocycles. The van der Waals surface area contributed by atoms with Crippen molar-refractivity contribution >= 4 is 34.9 Å². The molecule has 10 heteroatoms. The maximum absolute atomic E-state index is 14.0. The number of phenols is 1. The second kappa shape index (κ2) is 11.4. The first-order chi connectivity index (χ1) is 17.8. The SMILES string of the molecule is Cc1ccccc1CCN(C(=O)c1snc(C(N)=O)c1N)[C@H](C(=O)NC1CCCC1)c1ccc(O)cc1. The van der Waals surface area contributed by atoms with Crippen LogP contribution in [-0.4, -0.2) is 44.7 Å². The summed E-state index contributed by atoms with van der Waals surface area (Å²) in [5.74, 6) is -1.60. The fraction of sp³-hybridized carbons (Fsp3) is 0.333. The van der Waals surface area contributed by atoms with E-state index in [0.29, 0.717) is 12.0 Å². The number of hydrogen-bond donors (Lipinski definition) is 4. The van der Waals surface area contributed by atoms with Crippen LogP contribution in [0.3, 0.4) is 0 Å². The maximum Gasteiger partial charge on any atom is 0.270 e.